The number of hydrogen-bond acceptors (Lipinski definition) is 4. The van der Waals surface area contributed by atoms with Crippen molar-refractivity contribution in [3.63, 3.8) is 0 Å². The molecule has 0 aliphatic carbocycles. The lowest BCUT2D eigenvalue weighted by Crippen LogP contribution is -2.18. The highest BCUT2D eigenvalue weighted by molar-refractivity contribution is 5.60. The largest absolute Gasteiger partial charge is 0.491 e. The summed E-state index contributed by atoms with van der Waals surface area (Å²) in [6.07, 6.45) is 12.2. The number of halogens is 1. The van der Waals surface area contributed by atoms with Crippen molar-refractivity contribution in [2.24, 2.45) is 0 Å². The Bertz CT molecular complexity index is 751. The zero-order valence-corrected chi connectivity index (χ0v) is 20.1. The minimum Gasteiger partial charge on any atom is -0.491 e. The lowest BCUT2D eigenvalue weighted by molar-refractivity contribution is 0.0302. The minimum atomic E-state index is -0.358. The van der Waals surface area contributed by atoms with Gasteiger partial charge in [0.25, 0.3) is 0 Å². The van der Waals surface area contributed by atoms with E-state index in [1.165, 1.54) is 44.6 Å². The fraction of sp³-hybridized carbons (Fsp3) is 0.593. The average molecular weight is 446 g/mol. The number of pyridine rings is 1. The number of aromatic nitrogens is 1. The third-order valence-electron chi connectivity index (χ3n) is 5.35. The Morgan fingerprint density at radius 1 is 0.844 bits per heavy atom. The third kappa shape index (κ3) is 9.99. The van der Waals surface area contributed by atoms with Crippen LogP contribution >= 0.6 is 0 Å². The molecule has 0 saturated carbocycles. The first kappa shape index (κ1) is 26.1. The summed E-state index contributed by atoms with van der Waals surface area (Å²) in [7, 11) is 0. The fourth-order valence-corrected chi connectivity index (χ4v) is 3.38. The van der Waals surface area contributed by atoms with Crippen LogP contribution in [0.2, 0.25) is 0 Å². The molecule has 1 aromatic heterocycles. The molecule has 0 bridgehead atoms. The molecule has 0 aliphatic rings. The van der Waals surface area contributed by atoms with Crippen molar-refractivity contribution in [2.75, 3.05) is 19.8 Å². The van der Waals surface area contributed by atoms with Gasteiger partial charge in [-0.25, -0.2) is 4.39 Å². The Morgan fingerprint density at radius 3 is 2.25 bits per heavy atom. The van der Waals surface area contributed by atoms with Crippen LogP contribution in [0, 0.1) is 5.82 Å². The lowest BCUT2D eigenvalue weighted by Gasteiger charge is -2.14. The SMILES string of the molecule is CCCCCCCOc1ccc(-c2ccc(OCC(C)OCCCCCC)cn2)cc1F. The van der Waals surface area contributed by atoms with Crippen molar-refractivity contribution in [2.45, 2.75) is 84.7 Å². The maximum Gasteiger partial charge on any atom is 0.165 e. The van der Waals surface area contributed by atoms with Gasteiger partial charge in [-0.3, -0.25) is 4.98 Å². The van der Waals surface area contributed by atoms with E-state index in [9.17, 15) is 4.39 Å². The van der Waals surface area contributed by atoms with Crippen LogP contribution in [-0.4, -0.2) is 30.9 Å². The molecule has 0 radical (unpaired) electrons. The summed E-state index contributed by atoms with van der Waals surface area (Å²) >= 11 is 0. The molecular weight excluding hydrogens is 405 g/mol. The fourth-order valence-electron chi connectivity index (χ4n) is 3.38. The summed E-state index contributed by atoms with van der Waals surface area (Å²) in [6.45, 7) is 8.20. The van der Waals surface area contributed by atoms with Gasteiger partial charge in [0.2, 0.25) is 0 Å². The molecule has 1 aromatic carbocycles. The molecule has 2 rings (SSSR count). The average Bonchev–Trinajstić information content (AvgIpc) is 2.81. The Labute approximate surface area is 193 Å². The van der Waals surface area contributed by atoms with Gasteiger partial charge < -0.3 is 14.2 Å². The first-order valence-corrected chi connectivity index (χ1v) is 12.3. The third-order valence-corrected chi connectivity index (χ3v) is 5.35. The van der Waals surface area contributed by atoms with Crippen molar-refractivity contribution < 1.29 is 18.6 Å². The molecule has 0 saturated heterocycles. The maximum atomic E-state index is 14.4. The Kier molecular flexibility index (Phi) is 12.8. The Hall–Kier alpha value is -2.14. The van der Waals surface area contributed by atoms with Gasteiger partial charge in [-0.1, -0.05) is 58.8 Å². The molecule has 0 fully saturated rings. The summed E-state index contributed by atoms with van der Waals surface area (Å²) in [6, 6.07) is 8.70. The summed E-state index contributed by atoms with van der Waals surface area (Å²) in [4.78, 5) is 4.42. The van der Waals surface area contributed by atoms with Crippen LogP contribution in [0.15, 0.2) is 36.5 Å². The van der Waals surface area contributed by atoms with E-state index >= 15 is 0 Å². The van der Waals surface area contributed by atoms with Crippen molar-refractivity contribution in [1.29, 1.82) is 0 Å². The van der Waals surface area contributed by atoms with Gasteiger partial charge in [-0.15, -0.1) is 0 Å². The molecule has 0 spiro atoms. The summed E-state index contributed by atoms with van der Waals surface area (Å²) in [5, 5.41) is 0. The highest BCUT2D eigenvalue weighted by atomic mass is 19.1. The first-order chi connectivity index (χ1) is 15.6. The van der Waals surface area contributed by atoms with Crippen LogP contribution in [0.5, 0.6) is 11.5 Å². The van der Waals surface area contributed by atoms with Crippen molar-refractivity contribution in [1.82, 2.24) is 4.98 Å². The van der Waals surface area contributed by atoms with Crippen LogP contribution in [-0.2, 0) is 4.74 Å². The normalized spacial score (nSPS) is 12.0. The van der Waals surface area contributed by atoms with E-state index in [0.29, 0.717) is 36.0 Å². The van der Waals surface area contributed by atoms with E-state index < -0.39 is 0 Å². The smallest absolute Gasteiger partial charge is 0.165 e. The van der Waals surface area contributed by atoms with Crippen molar-refractivity contribution >= 4 is 0 Å². The molecule has 0 N–H and O–H groups in total. The molecule has 0 amide bonds. The van der Waals surface area contributed by atoms with Gasteiger partial charge in [0.15, 0.2) is 11.6 Å². The van der Waals surface area contributed by atoms with E-state index in [1.807, 2.05) is 25.1 Å². The molecule has 32 heavy (non-hydrogen) atoms. The zero-order chi connectivity index (χ0) is 23.0. The lowest BCUT2D eigenvalue weighted by atomic mass is 10.1. The maximum absolute atomic E-state index is 14.4. The molecule has 2 aromatic rings. The van der Waals surface area contributed by atoms with Crippen LogP contribution in [0.4, 0.5) is 4.39 Å². The Morgan fingerprint density at radius 2 is 1.56 bits per heavy atom. The van der Waals surface area contributed by atoms with Crippen molar-refractivity contribution in [3.8, 4) is 22.8 Å². The summed E-state index contributed by atoms with van der Waals surface area (Å²) in [5.74, 6) is 0.620. The molecule has 178 valence electrons. The topological polar surface area (TPSA) is 40.6 Å². The second-order valence-corrected chi connectivity index (χ2v) is 8.34. The Balaban J connectivity index is 1.76. The zero-order valence-electron chi connectivity index (χ0n) is 20.1. The van der Waals surface area contributed by atoms with E-state index in [4.69, 9.17) is 14.2 Å². The van der Waals surface area contributed by atoms with E-state index in [-0.39, 0.29) is 11.9 Å². The number of hydrogen-bond donors (Lipinski definition) is 0. The monoisotopic (exact) mass is 445 g/mol. The van der Waals surface area contributed by atoms with E-state index in [0.717, 1.165) is 25.9 Å². The van der Waals surface area contributed by atoms with Gasteiger partial charge in [0.1, 0.15) is 12.4 Å². The molecule has 5 heteroatoms. The summed E-state index contributed by atoms with van der Waals surface area (Å²) in [5.41, 5.74) is 1.41. The number of unbranched alkanes of at least 4 members (excludes halogenated alkanes) is 7. The number of ether oxygens (including phenoxy) is 3. The molecule has 1 atom stereocenters. The van der Waals surface area contributed by atoms with E-state index in [1.54, 1.807) is 12.3 Å². The second-order valence-electron chi connectivity index (χ2n) is 8.34. The van der Waals surface area contributed by atoms with E-state index in [2.05, 4.69) is 18.8 Å². The van der Waals surface area contributed by atoms with Crippen LogP contribution in [0.1, 0.15) is 78.6 Å². The molecule has 1 unspecified atom stereocenters. The van der Waals surface area contributed by atoms with Crippen LogP contribution < -0.4 is 9.47 Å². The number of rotatable bonds is 17. The molecular formula is C27H40FNO3. The predicted octanol–water partition coefficient (Wildman–Crippen LogP) is 7.60. The molecule has 0 aliphatic heterocycles. The first-order valence-electron chi connectivity index (χ1n) is 12.3. The highest BCUT2D eigenvalue weighted by Gasteiger charge is 2.09. The van der Waals surface area contributed by atoms with Gasteiger partial charge in [0.05, 0.1) is 24.6 Å². The van der Waals surface area contributed by atoms with Gasteiger partial charge >= 0.3 is 0 Å². The van der Waals surface area contributed by atoms with Gasteiger partial charge in [-0.05, 0) is 50.1 Å². The van der Waals surface area contributed by atoms with Crippen LogP contribution in [0.25, 0.3) is 11.3 Å². The summed E-state index contributed by atoms with van der Waals surface area (Å²) < 4.78 is 31.6. The van der Waals surface area contributed by atoms with Gasteiger partial charge in [0, 0.05) is 12.2 Å². The standard InChI is InChI=1S/C27H40FNO3/c1-4-6-8-10-12-18-31-27-16-13-23(19-25(27)28)26-15-14-24(20-29-26)32-21-22(3)30-17-11-9-7-5-2/h13-16,19-20,22H,4-12,17-18,21H2,1-3H3. The highest BCUT2D eigenvalue weighted by Crippen LogP contribution is 2.26. The van der Waals surface area contributed by atoms with Gasteiger partial charge in [-0.2, -0.15) is 0 Å². The van der Waals surface area contributed by atoms with Crippen molar-refractivity contribution in [3.05, 3.63) is 42.3 Å². The quantitative estimate of drug-likeness (QED) is 0.235. The second kappa shape index (κ2) is 15.6. The molecule has 1 heterocycles. The minimum absolute atomic E-state index is 0.0320. The molecule has 4 nitrogen and oxygen atoms in total. The number of benzene rings is 1. The van der Waals surface area contributed by atoms with Crippen LogP contribution in [0.3, 0.4) is 0 Å². The predicted molar refractivity (Wildman–Crippen MR) is 129 cm³/mol. The number of nitrogens with zero attached hydrogens (tertiary/aromatic N) is 1.